The minimum absolute atomic E-state index is 0.175. The molecule has 5 heteroatoms. The van der Waals surface area contributed by atoms with Crippen molar-refractivity contribution in [3.05, 3.63) is 0 Å². The van der Waals surface area contributed by atoms with E-state index in [2.05, 4.69) is 10.6 Å². The third-order valence-electron chi connectivity index (χ3n) is 1.07. The van der Waals surface area contributed by atoms with Gasteiger partial charge >= 0.3 is 12.0 Å². The molecular weight excluding hydrogens is 124 g/mol. The first-order valence-corrected chi connectivity index (χ1v) is 2.47. The van der Waals surface area contributed by atoms with E-state index in [1.165, 1.54) is 0 Å². The molecule has 1 aliphatic heterocycles. The van der Waals surface area contributed by atoms with Gasteiger partial charge in [0.15, 0.2) is 0 Å². The Kier molecular flexibility index (Phi) is 1.26. The number of hydrogen-bond acceptors (Lipinski definition) is 2. The Hall–Kier alpha value is -1.26. The smallest absolute Gasteiger partial charge is 0.328 e. The van der Waals surface area contributed by atoms with E-state index in [9.17, 15) is 9.59 Å². The summed E-state index contributed by atoms with van der Waals surface area (Å²) in [5.74, 6) is -1.01. The molecule has 0 unspecified atom stereocenters. The second kappa shape index (κ2) is 1.93. The molecule has 0 bridgehead atoms. The molecule has 5 nitrogen and oxygen atoms in total. The van der Waals surface area contributed by atoms with E-state index in [0.717, 1.165) is 0 Å². The summed E-state index contributed by atoms with van der Waals surface area (Å²) in [5.41, 5.74) is 0. The summed E-state index contributed by atoms with van der Waals surface area (Å²) < 4.78 is 0. The quantitative estimate of drug-likeness (QED) is 0.415. The molecule has 1 atom stereocenters. The molecule has 0 radical (unpaired) electrons. The number of amides is 2. The van der Waals surface area contributed by atoms with Crippen molar-refractivity contribution in [1.29, 1.82) is 0 Å². The van der Waals surface area contributed by atoms with Crippen LogP contribution in [0.15, 0.2) is 0 Å². The summed E-state index contributed by atoms with van der Waals surface area (Å²) in [6, 6.07) is -1.17. The molecular formula is C4H6N2O3. The lowest BCUT2D eigenvalue weighted by Crippen LogP contribution is -2.33. The van der Waals surface area contributed by atoms with Crippen molar-refractivity contribution in [2.45, 2.75) is 6.04 Å². The maximum Gasteiger partial charge on any atom is 0.328 e. The van der Waals surface area contributed by atoms with Gasteiger partial charge in [-0.15, -0.1) is 0 Å². The molecule has 0 aromatic heterocycles. The van der Waals surface area contributed by atoms with Crippen LogP contribution in [-0.4, -0.2) is 29.7 Å². The van der Waals surface area contributed by atoms with Gasteiger partial charge in [0.1, 0.15) is 6.04 Å². The Labute approximate surface area is 51.0 Å². The molecule has 1 rings (SSSR count). The Morgan fingerprint density at radius 2 is 2.44 bits per heavy atom. The molecule has 1 saturated heterocycles. The van der Waals surface area contributed by atoms with Crippen molar-refractivity contribution < 1.29 is 14.7 Å². The molecule has 0 spiro atoms. The zero-order valence-electron chi connectivity index (χ0n) is 4.55. The maximum atomic E-state index is 10.3. The highest BCUT2D eigenvalue weighted by atomic mass is 16.4. The van der Waals surface area contributed by atoms with Gasteiger partial charge in [-0.3, -0.25) is 0 Å². The Morgan fingerprint density at radius 3 is 2.67 bits per heavy atom. The van der Waals surface area contributed by atoms with E-state index in [1.54, 1.807) is 0 Å². The van der Waals surface area contributed by atoms with Gasteiger partial charge in [0.05, 0.1) is 6.54 Å². The summed E-state index contributed by atoms with van der Waals surface area (Å²) in [6.07, 6.45) is 0. The zero-order chi connectivity index (χ0) is 6.85. The fourth-order valence-electron chi connectivity index (χ4n) is 0.604. The first-order valence-electron chi connectivity index (χ1n) is 2.47. The van der Waals surface area contributed by atoms with Crippen molar-refractivity contribution >= 4 is 12.0 Å². The predicted molar refractivity (Wildman–Crippen MR) is 28.0 cm³/mol. The fraction of sp³-hybridized carbons (Fsp3) is 0.500. The lowest BCUT2D eigenvalue weighted by molar-refractivity contribution is -0.138. The minimum Gasteiger partial charge on any atom is -0.480 e. The molecule has 0 aromatic carbocycles. The van der Waals surface area contributed by atoms with Gasteiger partial charge < -0.3 is 15.7 Å². The van der Waals surface area contributed by atoms with Crippen LogP contribution in [0.3, 0.4) is 0 Å². The Morgan fingerprint density at radius 1 is 1.78 bits per heavy atom. The van der Waals surface area contributed by atoms with Gasteiger partial charge in [-0.1, -0.05) is 0 Å². The molecule has 0 aliphatic carbocycles. The van der Waals surface area contributed by atoms with Crippen LogP contribution < -0.4 is 10.6 Å². The first kappa shape index (κ1) is 5.87. The third kappa shape index (κ3) is 1.10. The topological polar surface area (TPSA) is 78.4 Å². The lowest BCUT2D eigenvalue weighted by atomic mass is 10.3. The number of carbonyl (C=O) groups is 2. The van der Waals surface area contributed by atoms with Crippen LogP contribution in [0.4, 0.5) is 4.79 Å². The van der Waals surface area contributed by atoms with Gasteiger partial charge in [0.25, 0.3) is 0 Å². The van der Waals surface area contributed by atoms with Crippen molar-refractivity contribution in [3.63, 3.8) is 0 Å². The van der Waals surface area contributed by atoms with Crippen LogP contribution in [0, 0.1) is 0 Å². The lowest BCUT2D eigenvalue weighted by Gasteiger charge is -1.97. The number of hydrogen-bond donors (Lipinski definition) is 3. The number of urea groups is 1. The molecule has 1 heterocycles. The summed E-state index contributed by atoms with van der Waals surface area (Å²) in [6.45, 7) is 0.175. The van der Waals surface area contributed by atoms with Crippen LogP contribution in [0.5, 0.6) is 0 Å². The van der Waals surface area contributed by atoms with E-state index >= 15 is 0 Å². The maximum absolute atomic E-state index is 10.3. The molecule has 3 N–H and O–H groups in total. The molecule has 0 saturated carbocycles. The number of rotatable bonds is 1. The van der Waals surface area contributed by atoms with E-state index in [4.69, 9.17) is 5.11 Å². The van der Waals surface area contributed by atoms with Crippen LogP contribution in [0.25, 0.3) is 0 Å². The monoisotopic (exact) mass is 130 g/mol. The first-order chi connectivity index (χ1) is 4.20. The van der Waals surface area contributed by atoms with Gasteiger partial charge in [-0.25, -0.2) is 9.59 Å². The van der Waals surface area contributed by atoms with Crippen molar-refractivity contribution in [2.75, 3.05) is 6.54 Å². The molecule has 1 fully saturated rings. The van der Waals surface area contributed by atoms with Gasteiger partial charge in [-0.05, 0) is 0 Å². The largest absolute Gasteiger partial charge is 0.480 e. The van der Waals surface area contributed by atoms with Crippen LogP contribution in [0.1, 0.15) is 0 Å². The highest BCUT2D eigenvalue weighted by Gasteiger charge is 2.25. The fourth-order valence-corrected chi connectivity index (χ4v) is 0.604. The SMILES string of the molecule is O=C1NC[C@@H](C(=O)O)N1. The Balaban J connectivity index is 2.48. The second-order valence-corrected chi connectivity index (χ2v) is 1.75. The zero-order valence-corrected chi connectivity index (χ0v) is 4.55. The predicted octanol–water partition coefficient (Wildman–Crippen LogP) is -1.25. The number of carboxylic acids is 1. The van der Waals surface area contributed by atoms with Gasteiger partial charge in [-0.2, -0.15) is 0 Å². The third-order valence-corrected chi connectivity index (χ3v) is 1.07. The van der Waals surface area contributed by atoms with Crippen molar-refractivity contribution in [1.82, 2.24) is 10.6 Å². The normalized spacial score (nSPS) is 24.9. The minimum atomic E-state index is -1.01. The highest BCUT2D eigenvalue weighted by molar-refractivity contribution is 5.86. The summed E-state index contributed by atoms with van der Waals surface area (Å²) in [7, 11) is 0. The molecule has 50 valence electrons. The summed E-state index contributed by atoms with van der Waals surface area (Å²) in [5, 5.41) is 12.8. The molecule has 0 aromatic rings. The standard InChI is InChI=1S/C4H6N2O3/c7-3(8)2-1-5-4(9)6-2/h2H,1H2,(H,7,8)(H2,5,6,9)/t2-/m0/s1. The summed E-state index contributed by atoms with van der Waals surface area (Å²) in [4.78, 5) is 20.4. The van der Waals surface area contributed by atoms with Crippen LogP contribution in [-0.2, 0) is 4.79 Å². The average Bonchev–Trinajstić information content (AvgIpc) is 2.14. The number of nitrogens with one attached hydrogen (secondary N) is 2. The number of carbonyl (C=O) groups excluding carboxylic acids is 1. The van der Waals surface area contributed by atoms with Crippen LogP contribution in [0.2, 0.25) is 0 Å². The number of aliphatic carboxylic acids is 1. The van der Waals surface area contributed by atoms with Crippen molar-refractivity contribution in [2.24, 2.45) is 0 Å². The van der Waals surface area contributed by atoms with Crippen LogP contribution >= 0.6 is 0 Å². The molecule has 2 amide bonds. The van der Waals surface area contributed by atoms with Crippen molar-refractivity contribution in [3.8, 4) is 0 Å². The van der Waals surface area contributed by atoms with E-state index < -0.39 is 18.0 Å². The van der Waals surface area contributed by atoms with E-state index in [1.807, 2.05) is 0 Å². The highest BCUT2D eigenvalue weighted by Crippen LogP contribution is 1.88. The van der Waals surface area contributed by atoms with Gasteiger partial charge in [0.2, 0.25) is 0 Å². The molecule has 9 heavy (non-hydrogen) atoms. The number of carboxylic acid groups (broad SMARTS) is 1. The van der Waals surface area contributed by atoms with E-state index in [-0.39, 0.29) is 6.54 Å². The average molecular weight is 130 g/mol. The summed E-state index contributed by atoms with van der Waals surface area (Å²) >= 11 is 0. The van der Waals surface area contributed by atoms with Gasteiger partial charge in [0, 0.05) is 0 Å². The Bertz CT molecular complexity index is 156. The second-order valence-electron chi connectivity index (χ2n) is 1.75. The van der Waals surface area contributed by atoms with E-state index in [0.29, 0.717) is 0 Å². The molecule has 1 aliphatic rings.